The number of aryl methyl sites for hydroxylation is 1. The van der Waals surface area contributed by atoms with Gasteiger partial charge in [0.05, 0.1) is 17.1 Å². The van der Waals surface area contributed by atoms with Crippen molar-refractivity contribution in [2.45, 2.75) is 6.92 Å². The molecule has 0 saturated carbocycles. The van der Waals surface area contributed by atoms with Gasteiger partial charge < -0.3 is 16.0 Å². The number of hydrogen-bond donors (Lipinski definition) is 3. The summed E-state index contributed by atoms with van der Waals surface area (Å²) in [7, 11) is 0. The maximum absolute atomic E-state index is 5.96. The van der Waals surface area contributed by atoms with Crippen LogP contribution in [0.25, 0.3) is 10.9 Å². The van der Waals surface area contributed by atoms with E-state index in [1.54, 1.807) is 0 Å². The summed E-state index contributed by atoms with van der Waals surface area (Å²) in [4.78, 5) is 3.36. The van der Waals surface area contributed by atoms with Gasteiger partial charge in [0, 0.05) is 16.6 Å². The first-order valence-electron chi connectivity index (χ1n) is 5.94. The van der Waals surface area contributed by atoms with Crippen LogP contribution < -0.4 is 11.1 Å². The fourth-order valence-corrected chi connectivity index (χ4v) is 2.18. The van der Waals surface area contributed by atoms with Gasteiger partial charge in [-0.25, -0.2) is 0 Å². The third-order valence-electron chi connectivity index (χ3n) is 3.11. The minimum absolute atomic E-state index is 0.752. The van der Waals surface area contributed by atoms with Crippen molar-refractivity contribution in [2.24, 2.45) is 0 Å². The highest BCUT2D eigenvalue weighted by Crippen LogP contribution is 2.31. The molecule has 0 aliphatic rings. The van der Waals surface area contributed by atoms with Crippen LogP contribution in [0.5, 0.6) is 0 Å². The normalized spacial score (nSPS) is 10.7. The van der Waals surface area contributed by atoms with Gasteiger partial charge >= 0.3 is 0 Å². The van der Waals surface area contributed by atoms with E-state index in [4.69, 9.17) is 5.73 Å². The largest absolute Gasteiger partial charge is 0.397 e. The standard InChI is InChI=1S/C15H15N3/c1-10-15(11-6-2-4-8-13(11)17-10)18-14-9-5-3-7-12(14)16/h2-9,17-18H,16H2,1H3. The fourth-order valence-electron chi connectivity index (χ4n) is 2.18. The average molecular weight is 237 g/mol. The van der Waals surface area contributed by atoms with Crippen LogP contribution in [0.15, 0.2) is 48.5 Å². The van der Waals surface area contributed by atoms with Crippen molar-refractivity contribution in [1.82, 2.24) is 4.98 Å². The highest BCUT2D eigenvalue weighted by molar-refractivity contribution is 5.96. The third kappa shape index (κ3) is 1.70. The lowest BCUT2D eigenvalue weighted by Crippen LogP contribution is -1.96. The molecule has 0 unspecified atom stereocenters. The number of fused-ring (bicyclic) bond motifs is 1. The molecule has 1 aromatic heterocycles. The molecule has 0 fully saturated rings. The summed E-state index contributed by atoms with van der Waals surface area (Å²) in [6.45, 7) is 2.06. The molecule has 2 aromatic carbocycles. The quantitative estimate of drug-likeness (QED) is 0.594. The van der Waals surface area contributed by atoms with Crippen LogP contribution in [0.2, 0.25) is 0 Å². The first-order valence-corrected chi connectivity index (χ1v) is 5.94. The predicted octanol–water partition coefficient (Wildman–Crippen LogP) is 3.80. The lowest BCUT2D eigenvalue weighted by Gasteiger charge is -2.09. The van der Waals surface area contributed by atoms with Crippen LogP contribution in [0.4, 0.5) is 17.1 Å². The van der Waals surface area contributed by atoms with Gasteiger partial charge in [-0.15, -0.1) is 0 Å². The lowest BCUT2D eigenvalue weighted by atomic mass is 10.2. The van der Waals surface area contributed by atoms with E-state index < -0.39 is 0 Å². The molecule has 3 nitrogen and oxygen atoms in total. The molecule has 0 atom stereocenters. The highest BCUT2D eigenvalue weighted by Gasteiger charge is 2.08. The van der Waals surface area contributed by atoms with Crippen LogP contribution in [0.1, 0.15) is 5.69 Å². The molecule has 0 aliphatic carbocycles. The fraction of sp³-hybridized carbons (Fsp3) is 0.0667. The summed E-state index contributed by atoms with van der Waals surface area (Å²) < 4.78 is 0. The molecule has 3 heteroatoms. The van der Waals surface area contributed by atoms with Gasteiger partial charge in [0.2, 0.25) is 0 Å². The zero-order valence-corrected chi connectivity index (χ0v) is 10.2. The number of benzene rings is 2. The van der Waals surface area contributed by atoms with E-state index in [1.807, 2.05) is 36.4 Å². The van der Waals surface area contributed by atoms with Crippen LogP contribution >= 0.6 is 0 Å². The van der Waals surface area contributed by atoms with E-state index in [0.717, 1.165) is 28.3 Å². The van der Waals surface area contributed by atoms with E-state index in [2.05, 4.69) is 29.4 Å². The Morgan fingerprint density at radius 3 is 2.56 bits per heavy atom. The van der Waals surface area contributed by atoms with Gasteiger partial charge in [0.15, 0.2) is 0 Å². The SMILES string of the molecule is Cc1[nH]c2ccccc2c1Nc1ccccc1N. The summed E-state index contributed by atoms with van der Waals surface area (Å²) in [5.74, 6) is 0. The van der Waals surface area contributed by atoms with E-state index in [1.165, 1.54) is 5.39 Å². The molecule has 0 spiro atoms. The third-order valence-corrected chi connectivity index (χ3v) is 3.11. The van der Waals surface area contributed by atoms with Crippen molar-refractivity contribution in [3.63, 3.8) is 0 Å². The molecule has 0 aliphatic heterocycles. The van der Waals surface area contributed by atoms with E-state index in [9.17, 15) is 0 Å². The van der Waals surface area contributed by atoms with Gasteiger partial charge in [-0.1, -0.05) is 30.3 Å². The predicted molar refractivity (Wildman–Crippen MR) is 77.2 cm³/mol. The Morgan fingerprint density at radius 1 is 1.00 bits per heavy atom. The Morgan fingerprint density at radius 2 is 1.72 bits per heavy atom. The average Bonchev–Trinajstić information content (AvgIpc) is 2.69. The Kier molecular flexibility index (Phi) is 2.45. The molecule has 0 radical (unpaired) electrons. The number of nitrogens with two attached hydrogens (primary N) is 1. The van der Waals surface area contributed by atoms with E-state index >= 15 is 0 Å². The minimum Gasteiger partial charge on any atom is -0.397 e. The first kappa shape index (κ1) is 10.7. The molecule has 1 heterocycles. The molecule has 3 aromatic rings. The van der Waals surface area contributed by atoms with Gasteiger partial charge in [0.1, 0.15) is 0 Å². The number of aromatic amines is 1. The number of nitrogens with one attached hydrogen (secondary N) is 2. The van der Waals surface area contributed by atoms with Crippen molar-refractivity contribution >= 4 is 28.0 Å². The molecule has 90 valence electrons. The van der Waals surface area contributed by atoms with Crippen molar-refractivity contribution < 1.29 is 0 Å². The number of para-hydroxylation sites is 3. The maximum atomic E-state index is 5.96. The van der Waals surface area contributed by atoms with E-state index in [-0.39, 0.29) is 0 Å². The first-order chi connectivity index (χ1) is 8.75. The number of nitrogen functional groups attached to an aromatic ring is 1. The van der Waals surface area contributed by atoms with Crippen molar-refractivity contribution in [3.8, 4) is 0 Å². The second-order valence-electron chi connectivity index (χ2n) is 4.38. The number of H-pyrrole nitrogens is 1. The summed E-state index contributed by atoms with van der Waals surface area (Å²) in [5.41, 5.74) is 11.0. The molecule has 0 amide bonds. The zero-order chi connectivity index (χ0) is 12.5. The molecule has 0 saturated heterocycles. The van der Waals surface area contributed by atoms with Gasteiger partial charge in [-0.05, 0) is 25.1 Å². The van der Waals surface area contributed by atoms with Crippen molar-refractivity contribution in [3.05, 3.63) is 54.2 Å². The Hall–Kier alpha value is -2.42. The summed E-state index contributed by atoms with van der Waals surface area (Å²) in [6, 6.07) is 16.0. The van der Waals surface area contributed by atoms with Crippen LogP contribution in [0, 0.1) is 6.92 Å². The number of anilines is 3. The molecule has 18 heavy (non-hydrogen) atoms. The number of hydrogen-bond acceptors (Lipinski definition) is 2. The topological polar surface area (TPSA) is 53.8 Å². The second-order valence-corrected chi connectivity index (χ2v) is 4.38. The molecule has 4 N–H and O–H groups in total. The lowest BCUT2D eigenvalue weighted by molar-refractivity contribution is 1.29. The Labute approximate surface area is 106 Å². The smallest absolute Gasteiger partial charge is 0.0672 e. The molecular formula is C15H15N3. The zero-order valence-electron chi connectivity index (χ0n) is 10.2. The Balaban J connectivity index is 2.10. The maximum Gasteiger partial charge on any atom is 0.0672 e. The van der Waals surface area contributed by atoms with Gasteiger partial charge in [-0.2, -0.15) is 0 Å². The highest BCUT2D eigenvalue weighted by atomic mass is 14.9. The van der Waals surface area contributed by atoms with Gasteiger partial charge in [0.25, 0.3) is 0 Å². The number of aromatic nitrogens is 1. The van der Waals surface area contributed by atoms with Crippen molar-refractivity contribution in [1.29, 1.82) is 0 Å². The minimum atomic E-state index is 0.752. The Bertz CT molecular complexity index is 698. The number of rotatable bonds is 2. The summed E-state index contributed by atoms with van der Waals surface area (Å²) >= 11 is 0. The van der Waals surface area contributed by atoms with Gasteiger partial charge in [-0.3, -0.25) is 0 Å². The molecule has 3 rings (SSSR count). The molecule has 0 bridgehead atoms. The monoisotopic (exact) mass is 237 g/mol. The molecular weight excluding hydrogens is 222 g/mol. The second kappa shape index (κ2) is 4.11. The van der Waals surface area contributed by atoms with Crippen LogP contribution in [-0.4, -0.2) is 4.98 Å². The summed E-state index contributed by atoms with van der Waals surface area (Å²) in [6.07, 6.45) is 0. The van der Waals surface area contributed by atoms with Crippen molar-refractivity contribution in [2.75, 3.05) is 11.1 Å². The van der Waals surface area contributed by atoms with Crippen LogP contribution in [0.3, 0.4) is 0 Å². The van der Waals surface area contributed by atoms with Crippen LogP contribution in [-0.2, 0) is 0 Å². The summed E-state index contributed by atoms with van der Waals surface area (Å²) in [5, 5.41) is 4.59. The van der Waals surface area contributed by atoms with E-state index in [0.29, 0.717) is 0 Å².